The van der Waals surface area contributed by atoms with E-state index in [-0.39, 0.29) is 29.9 Å². The highest BCUT2D eigenvalue weighted by atomic mass is 35.5. The zero-order valence-electron chi connectivity index (χ0n) is 9.60. The van der Waals surface area contributed by atoms with E-state index >= 15 is 0 Å². The van der Waals surface area contributed by atoms with Gasteiger partial charge in [-0.25, -0.2) is 13.1 Å². The molecular formula is C10H16Cl2N2O2S. The molecule has 17 heavy (non-hydrogen) atoms. The molecule has 0 amide bonds. The summed E-state index contributed by atoms with van der Waals surface area (Å²) < 4.78 is 26.4. The Labute approximate surface area is 113 Å². The number of benzene rings is 1. The standard InChI is InChI=1S/C10H15ClN2O2S.ClH/c1-7(6-12)13-16(14,15)10-5-3-4-9(11)8(10)2;/h3-5,7,13H,6,12H2,1-2H3;1H/t7-;/m1./s1. The molecule has 0 aromatic heterocycles. The zero-order chi connectivity index (χ0) is 12.3. The summed E-state index contributed by atoms with van der Waals surface area (Å²) in [6.07, 6.45) is 0. The normalized spacial score (nSPS) is 12.9. The number of hydrogen-bond acceptors (Lipinski definition) is 3. The number of hydrogen-bond donors (Lipinski definition) is 2. The molecule has 4 nitrogen and oxygen atoms in total. The van der Waals surface area contributed by atoms with E-state index in [1.165, 1.54) is 6.07 Å². The molecule has 1 aromatic rings. The molecule has 1 aromatic carbocycles. The van der Waals surface area contributed by atoms with Crippen LogP contribution in [-0.4, -0.2) is 21.0 Å². The van der Waals surface area contributed by atoms with Gasteiger partial charge in [-0.1, -0.05) is 17.7 Å². The van der Waals surface area contributed by atoms with Crippen molar-refractivity contribution in [2.24, 2.45) is 5.73 Å². The molecule has 7 heteroatoms. The van der Waals surface area contributed by atoms with Crippen LogP contribution in [0.3, 0.4) is 0 Å². The van der Waals surface area contributed by atoms with Crippen molar-refractivity contribution >= 4 is 34.0 Å². The molecule has 1 rings (SSSR count). The second-order valence-corrected chi connectivity index (χ2v) is 5.71. The van der Waals surface area contributed by atoms with E-state index in [4.69, 9.17) is 17.3 Å². The van der Waals surface area contributed by atoms with Crippen LogP contribution in [0.1, 0.15) is 12.5 Å². The second-order valence-electron chi connectivity index (χ2n) is 3.62. The summed E-state index contributed by atoms with van der Waals surface area (Å²) in [5, 5.41) is 0.434. The fourth-order valence-electron chi connectivity index (χ4n) is 1.26. The lowest BCUT2D eigenvalue weighted by Gasteiger charge is -2.14. The molecule has 0 aliphatic carbocycles. The van der Waals surface area contributed by atoms with E-state index in [2.05, 4.69) is 4.72 Å². The first-order valence-electron chi connectivity index (χ1n) is 4.86. The van der Waals surface area contributed by atoms with Gasteiger partial charge in [0, 0.05) is 17.6 Å². The molecule has 0 bridgehead atoms. The Bertz CT molecular complexity index is 477. The van der Waals surface area contributed by atoms with E-state index in [0.29, 0.717) is 10.6 Å². The lowest BCUT2D eigenvalue weighted by Crippen LogP contribution is -2.38. The first-order valence-corrected chi connectivity index (χ1v) is 6.72. The van der Waals surface area contributed by atoms with Crippen molar-refractivity contribution in [2.75, 3.05) is 6.54 Å². The van der Waals surface area contributed by atoms with E-state index < -0.39 is 10.0 Å². The molecule has 98 valence electrons. The monoisotopic (exact) mass is 298 g/mol. The number of rotatable bonds is 4. The third-order valence-corrected chi connectivity index (χ3v) is 4.36. The largest absolute Gasteiger partial charge is 0.329 e. The Kier molecular flexibility index (Phi) is 6.43. The van der Waals surface area contributed by atoms with Gasteiger partial charge in [-0.3, -0.25) is 0 Å². The van der Waals surface area contributed by atoms with Crippen molar-refractivity contribution in [1.82, 2.24) is 4.72 Å². The molecule has 0 spiro atoms. The lowest BCUT2D eigenvalue weighted by atomic mass is 10.2. The molecular weight excluding hydrogens is 283 g/mol. The van der Waals surface area contributed by atoms with Crippen molar-refractivity contribution in [2.45, 2.75) is 24.8 Å². The number of nitrogens with one attached hydrogen (secondary N) is 1. The van der Waals surface area contributed by atoms with Crippen LogP contribution in [0.2, 0.25) is 5.02 Å². The summed E-state index contributed by atoms with van der Waals surface area (Å²) in [7, 11) is -3.54. The number of halogens is 2. The van der Waals surface area contributed by atoms with Crippen LogP contribution in [0.5, 0.6) is 0 Å². The average Bonchev–Trinajstić information content (AvgIpc) is 2.21. The molecule has 0 aliphatic rings. The van der Waals surface area contributed by atoms with Gasteiger partial charge in [0.15, 0.2) is 0 Å². The Morgan fingerprint density at radius 2 is 2.06 bits per heavy atom. The van der Waals surface area contributed by atoms with Gasteiger partial charge >= 0.3 is 0 Å². The summed E-state index contributed by atoms with van der Waals surface area (Å²) >= 11 is 5.87. The summed E-state index contributed by atoms with van der Waals surface area (Å²) in [5.41, 5.74) is 5.91. The van der Waals surface area contributed by atoms with Crippen molar-refractivity contribution in [3.63, 3.8) is 0 Å². The first kappa shape index (κ1) is 16.7. The number of nitrogens with two attached hydrogens (primary N) is 1. The van der Waals surface area contributed by atoms with Crippen LogP contribution in [0.15, 0.2) is 23.1 Å². The summed E-state index contributed by atoms with van der Waals surface area (Å²) in [5.74, 6) is 0. The molecule has 0 aliphatic heterocycles. The smallest absolute Gasteiger partial charge is 0.241 e. The second kappa shape index (κ2) is 6.56. The maximum atomic E-state index is 11.9. The van der Waals surface area contributed by atoms with Gasteiger partial charge in [-0.05, 0) is 31.5 Å². The van der Waals surface area contributed by atoms with Gasteiger partial charge < -0.3 is 5.73 Å². The van der Waals surface area contributed by atoms with Gasteiger partial charge in [0.2, 0.25) is 10.0 Å². The van der Waals surface area contributed by atoms with Crippen LogP contribution in [-0.2, 0) is 10.0 Å². The third kappa shape index (κ3) is 4.12. The fraction of sp³-hybridized carbons (Fsp3) is 0.400. The summed E-state index contributed by atoms with van der Waals surface area (Å²) in [6.45, 7) is 3.63. The maximum absolute atomic E-state index is 11.9. The molecule has 1 atom stereocenters. The van der Waals surface area contributed by atoms with Crippen LogP contribution in [0.25, 0.3) is 0 Å². The minimum atomic E-state index is -3.54. The van der Waals surface area contributed by atoms with Gasteiger partial charge in [-0.2, -0.15) is 0 Å². The van der Waals surface area contributed by atoms with Crippen LogP contribution < -0.4 is 10.5 Å². The molecule has 3 N–H and O–H groups in total. The first-order chi connectivity index (χ1) is 7.38. The van der Waals surface area contributed by atoms with Crippen molar-refractivity contribution in [1.29, 1.82) is 0 Å². The Balaban J connectivity index is 0.00000256. The van der Waals surface area contributed by atoms with Crippen LogP contribution in [0.4, 0.5) is 0 Å². The summed E-state index contributed by atoms with van der Waals surface area (Å²) in [4.78, 5) is 0.195. The van der Waals surface area contributed by atoms with Gasteiger partial charge in [0.1, 0.15) is 0 Å². The topological polar surface area (TPSA) is 72.2 Å². The van der Waals surface area contributed by atoms with E-state index in [0.717, 1.165) is 0 Å². The number of sulfonamides is 1. The fourth-order valence-corrected chi connectivity index (χ4v) is 3.01. The highest BCUT2D eigenvalue weighted by Crippen LogP contribution is 2.22. The minimum absolute atomic E-state index is 0. The maximum Gasteiger partial charge on any atom is 0.241 e. The highest BCUT2D eigenvalue weighted by molar-refractivity contribution is 7.89. The molecule has 0 saturated heterocycles. The SMILES string of the molecule is Cc1c(Cl)cccc1S(=O)(=O)N[C@H](C)CN.Cl. The molecule has 0 radical (unpaired) electrons. The molecule has 0 heterocycles. The highest BCUT2D eigenvalue weighted by Gasteiger charge is 2.19. The molecule has 0 fully saturated rings. The Hall–Kier alpha value is -0.330. The van der Waals surface area contributed by atoms with E-state index in [1.807, 2.05) is 0 Å². The van der Waals surface area contributed by atoms with Crippen molar-refractivity contribution in [3.05, 3.63) is 28.8 Å². The Morgan fingerprint density at radius 1 is 1.47 bits per heavy atom. The van der Waals surface area contributed by atoms with Crippen molar-refractivity contribution in [3.8, 4) is 0 Å². The predicted molar refractivity (Wildman–Crippen MR) is 72.3 cm³/mol. The molecule has 0 saturated carbocycles. The van der Waals surface area contributed by atoms with Gasteiger partial charge in [0.25, 0.3) is 0 Å². The average molecular weight is 299 g/mol. The Morgan fingerprint density at radius 3 is 2.59 bits per heavy atom. The quantitative estimate of drug-likeness (QED) is 0.888. The third-order valence-electron chi connectivity index (χ3n) is 2.22. The van der Waals surface area contributed by atoms with E-state index in [1.54, 1.807) is 26.0 Å². The van der Waals surface area contributed by atoms with Crippen LogP contribution >= 0.6 is 24.0 Å². The zero-order valence-corrected chi connectivity index (χ0v) is 12.0. The lowest BCUT2D eigenvalue weighted by molar-refractivity contribution is 0.562. The van der Waals surface area contributed by atoms with Gasteiger partial charge in [0.05, 0.1) is 4.90 Å². The molecule has 0 unspecified atom stereocenters. The predicted octanol–water partition coefficient (Wildman–Crippen LogP) is 1.70. The van der Waals surface area contributed by atoms with Gasteiger partial charge in [-0.15, -0.1) is 12.4 Å². The van der Waals surface area contributed by atoms with E-state index in [9.17, 15) is 8.42 Å². The minimum Gasteiger partial charge on any atom is -0.329 e. The van der Waals surface area contributed by atoms with Crippen LogP contribution in [0, 0.1) is 6.92 Å². The summed E-state index contributed by atoms with van der Waals surface area (Å²) in [6, 6.07) is 4.48. The van der Waals surface area contributed by atoms with Crippen molar-refractivity contribution < 1.29 is 8.42 Å².